The van der Waals surface area contributed by atoms with Crippen molar-refractivity contribution in [2.24, 2.45) is 0 Å². The Balaban J connectivity index is 2.08. The van der Waals surface area contributed by atoms with Crippen molar-refractivity contribution < 1.29 is 26.1 Å². The minimum atomic E-state index is -4.18. The SMILES string of the molecule is [2H]c1c([2H])c(-c2c(NS(=O)(=O)NCCC)ncnc2OCC([2H])([2H])Oc2ncc(Br)cn2)c([2H])c([2H])c1Br. The summed E-state index contributed by atoms with van der Waals surface area (Å²) >= 11 is 6.17. The third kappa shape index (κ3) is 7.08. The van der Waals surface area contributed by atoms with E-state index in [1.807, 2.05) is 0 Å². The van der Waals surface area contributed by atoms with E-state index < -0.39 is 59.2 Å². The van der Waals surface area contributed by atoms with Crippen molar-refractivity contribution in [1.82, 2.24) is 24.7 Å². The molecule has 3 aromatic rings. The molecule has 170 valence electrons. The number of rotatable bonds is 11. The molecular weight excluding hydrogens is 568 g/mol. The summed E-state index contributed by atoms with van der Waals surface area (Å²) in [7, 11) is -4.18. The van der Waals surface area contributed by atoms with Crippen LogP contribution in [0.15, 0.2) is 51.8 Å². The van der Waals surface area contributed by atoms with Crippen LogP contribution in [0.4, 0.5) is 5.82 Å². The van der Waals surface area contributed by atoms with Gasteiger partial charge in [-0.15, -0.1) is 0 Å². The Hall–Kier alpha value is -2.35. The molecule has 0 atom stereocenters. The van der Waals surface area contributed by atoms with Gasteiger partial charge >= 0.3 is 6.01 Å². The molecule has 0 fully saturated rings. The number of benzene rings is 1. The van der Waals surface area contributed by atoms with Crippen LogP contribution in [0, 0.1) is 0 Å². The Kier molecular flexibility index (Phi) is 6.17. The van der Waals surface area contributed by atoms with Gasteiger partial charge in [0.25, 0.3) is 10.2 Å². The second-order valence-electron chi connectivity index (χ2n) is 5.81. The van der Waals surface area contributed by atoms with Gasteiger partial charge in [0.2, 0.25) is 5.88 Å². The highest BCUT2D eigenvalue weighted by atomic mass is 79.9. The minimum absolute atomic E-state index is 0.105. The smallest absolute Gasteiger partial charge is 0.316 e. The third-order valence-electron chi connectivity index (χ3n) is 3.46. The number of ether oxygens (including phenoxy) is 2. The minimum Gasteiger partial charge on any atom is -0.473 e. The van der Waals surface area contributed by atoms with Gasteiger partial charge in [-0.3, -0.25) is 4.72 Å². The lowest BCUT2D eigenvalue weighted by Gasteiger charge is -2.15. The molecule has 32 heavy (non-hydrogen) atoms. The summed E-state index contributed by atoms with van der Waals surface area (Å²) in [5.74, 6) is -0.847. The monoisotopic (exact) mass is 592 g/mol. The van der Waals surface area contributed by atoms with Crippen molar-refractivity contribution in [2.75, 3.05) is 24.4 Å². The second-order valence-corrected chi connectivity index (χ2v) is 9.02. The van der Waals surface area contributed by atoms with E-state index in [0.717, 1.165) is 6.33 Å². The van der Waals surface area contributed by atoms with Gasteiger partial charge in [-0.25, -0.2) is 19.9 Å². The number of halogens is 2. The average molecular weight is 594 g/mol. The highest BCUT2D eigenvalue weighted by Crippen LogP contribution is 2.34. The van der Waals surface area contributed by atoms with Gasteiger partial charge in [0.05, 0.1) is 18.3 Å². The van der Waals surface area contributed by atoms with Crippen LogP contribution in [0.5, 0.6) is 11.9 Å². The zero-order valence-electron chi connectivity index (χ0n) is 22.4. The molecule has 0 aliphatic carbocycles. The predicted octanol–water partition coefficient (Wildman–Crippen LogP) is 3.57. The van der Waals surface area contributed by atoms with Crippen LogP contribution >= 0.6 is 31.9 Å². The number of nitrogens with zero attached hydrogens (tertiary/aromatic N) is 4. The largest absolute Gasteiger partial charge is 0.473 e. The molecule has 0 spiro atoms. The molecule has 0 unspecified atom stereocenters. The van der Waals surface area contributed by atoms with Crippen LogP contribution < -0.4 is 18.9 Å². The first-order valence-electron chi connectivity index (χ1n) is 11.9. The molecule has 0 aliphatic rings. The van der Waals surface area contributed by atoms with Gasteiger partial charge in [-0.2, -0.15) is 13.1 Å². The van der Waals surface area contributed by atoms with Crippen LogP contribution in [0.25, 0.3) is 11.1 Å². The first kappa shape index (κ1) is 17.2. The maximum atomic E-state index is 12.6. The number of hydrogen-bond acceptors (Lipinski definition) is 8. The molecule has 0 amide bonds. The molecule has 10 nitrogen and oxygen atoms in total. The fraction of sp³-hybridized carbons (Fsp3) is 0.263. The van der Waals surface area contributed by atoms with E-state index in [2.05, 4.69) is 61.2 Å². The molecule has 2 N–H and O–H groups in total. The molecule has 0 saturated carbocycles. The molecule has 0 radical (unpaired) electrons. The normalized spacial score (nSPS) is 14.3. The molecule has 3 rings (SSSR count). The van der Waals surface area contributed by atoms with Crippen molar-refractivity contribution in [3.05, 3.63) is 51.8 Å². The van der Waals surface area contributed by atoms with Crippen LogP contribution in [-0.4, -0.2) is 48.1 Å². The number of aromatic nitrogens is 4. The van der Waals surface area contributed by atoms with E-state index in [9.17, 15) is 8.42 Å². The summed E-state index contributed by atoms with van der Waals surface area (Å²) < 4.78 is 90.1. The maximum absolute atomic E-state index is 12.6. The van der Waals surface area contributed by atoms with Crippen molar-refractivity contribution >= 4 is 47.9 Å². The van der Waals surface area contributed by atoms with E-state index >= 15 is 0 Å². The van der Waals surface area contributed by atoms with Gasteiger partial charge in [0, 0.05) is 23.4 Å². The first-order valence-corrected chi connectivity index (χ1v) is 12.0. The quantitative estimate of drug-likeness (QED) is 0.345. The Bertz CT molecular complexity index is 1410. The first-order chi connectivity index (χ1) is 17.8. The van der Waals surface area contributed by atoms with E-state index in [1.165, 1.54) is 12.4 Å². The van der Waals surface area contributed by atoms with E-state index in [-0.39, 0.29) is 28.2 Å². The summed E-state index contributed by atoms with van der Waals surface area (Å²) in [6, 6.07) is -2.25. The van der Waals surface area contributed by atoms with Gasteiger partial charge < -0.3 is 9.47 Å². The number of anilines is 1. The third-order valence-corrected chi connectivity index (χ3v) is 5.31. The van der Waals surface area contributed by atoms with Gasteiger partial charge in [0.1, 0.15) is 19.5 Å². The maximum Gasteiger partial charge on any atom is 0.316 e. The van der Waals surface area contributed by atoms with Crippen LogP contribution in [0.2, 0.25) is 0 Å². The summed E-state index contributed by atoms with van der Waals surface area (Å²) in [6.45, 7) is -1.46. The lowest BCUT2D eigenvalue weighted by atomic mass is 10.1. The van der Waals surface area contributed by atoms with E-state index in [4.69, 9.17) is 17.7 Å². The Morgan fingerprint density at radius 2 is 1.78 bits per heavy atom. The van der Waals surface area contributed by atoms with Gasteiger partial charge in [0.15, 0.2) is 5.82 Å². The lowest BCUT2D eigenvalue weighted by molar-refractivity contribution is 0.202. The van der Waals surface area contributed by atoms with Crippen molar-refractivity contribution in [3.63, 3.8) is 0 Å². The van der Waals surface area contributed by atoms with E-state index in [1.54, 1.807) is 6.92 Å². The molecule has 2 heterocycles. The van der Waals surface area contributed by atoms with Gasteiger partial charge in [-0.05, 0) is 40.0 Å². The molecule has 2 aromatic heterocycles. The van der Waals surface area contributed by atoms with E-state index in [0.29, 0.717) is 10.9 Å². The molecule has 1 aromatic carbocycles. The molecule has 0 saturated heterocycles. The number of nitrogens with one attached hydrogen (secondary N) is 2. The van der Waals surface area contributed by atoms with Crippen LogP contribution in [0.1, 0.15) is 21.6 Å². The molecule has 0 bridgehead atoms. The van der Waals surface area contributed by atoms with Crippen molar-refractivity contribution in [2.45, 2.75) is 13.3 Å². The summed E-state index contributed by atoms with van der Waals surface area (Å²) in [5.41, 5.74) is -0.709. The summed E-state index contributed by atoms with van der Waals surface area (Å²) in [4.78, 5) is 15.5. The summed E-state index contributed by atoms with van der Waals surface area (Å²) in [6.07, 6.45) is 4.12. The summed E-state index contributed by atoms with van der Waals surface area (Å²) in [5, 5.41) is 0. The Morgan fingerprint density at radius 1 is 1.06 bits per heavy atom. The topological polar surface area (TPSA) is 128 Å². The standard InChI is InChI=1S/C19H20Br2N6O4S/c1-2-7-26-32(28,29)27-17-16(13-3-5-14(20)6-4-13)18(25-12-24-17)30-8-9-31-19-22-10-15(21)11-23-19/h3-6,10-12,26H,2,7-9H2,1H3,(H,24,25,27)/i3D,4D,5D,6D,9D2. The fourth-order valence-electron chi connectivity index (χ4n) is 2.15. The van der Waals surface area contributed by atoms with Crippen molar-refractivity contribution in [1.29, 1.82) is 0 Å². The zero-order valence-corrected chi connectivity index (χ0v) is 20.4. The fourth-order valence-corrected chi connectivity index (χ4v) is 3.51. The van der Waals surface area contributed by atoms with Crippen molar-refractivity contribution in [3.8, 4) is 23.0 Å². The molecule has 0 aliphatic heterocycles. The molecule has 13 heteroatoms. The van der Waals surface area contributed by atoms with Gasteiger partial charge in [-0.1, -0.05) is 34.9 Å². The van der Waals surface area contributed by atoms with Crippen LogP contribution in [-0.2, 0) is 10.2 Å². The zero-order chi connectivity index (χ0) is 28.3. The Morgan fingerprint density at radius 3 is 2.47 bits per heavy atom. The lowest BCUT2D eigenvalue weighted by Crippen LogP contribution is -2.31. The molecular formula is C19H20Br2N6O4S. The number of hydrogen-bond donors (Lipinski definition) is 2. The highest BCUT2D eigenvalue weighted by molar-refractivity contribution is 9.10. The Labute approximate surface area is 211 Å². The highest BCUT2D eigenvalue weighted by Gasteiger charge is 2.19. The predicted molar refractivity (Wildman–Crippen MR) is 127 cm³/mol. The van der Waals surface area contributed by atoms with Crippen LogP contribution in [0.3, 0.4) is 0 Å². The average Bonchev–Trinajstić information content (AvgIpc) is 2.86. The second kappa shape index (κ2) is 11.5.